The van der Waals surface area contributed by atoms with E-state index in [1.54, 1.807) is 18.5 Å². The van der Waals surface area contributed by atoms with E-state index in [0.717, 1.165) is 58.3 Å². The highest BCUT2D eigenvalue weighted by Crippen LogP contribution is 2.42. The molecular formula is C22H32N4O5. The van der Waals surface area contributed by atoms with Crippen molar-refractivity contribution < 1.29 is 24.2 Å². The predicted molar refractivity (Wildman–Crippen MR) is 114 cm³/mol. The number of carbonyl (C=O) groups is 3. The molecule has 31 heavy (non-hydrogen) atoms. The number of carbonyl (C=O) groups excluding carboxylic acids is 2. The fourth-order valence-electron chi connectivity index (χ4n) is 4.81. The Kier molecular flexibility index (Phi) is 7.97. The van der Waals surface area contributed by atoms with E-state index in [9.17, 15) is 9.59 Å². The van der Waals surface area contributed by atoms with Gasteiger partial charge in [0.15, 0.2) is 0 Å². The van der Waals surface area contributed by atoms with E-state index in [0.29, 0.717) is 18.2 Å². The van der Waals surface area contributed by atoms with Gasteiger partial charge >= 0.3 is 0 Å². The van der Waals surface area contributed by atoms with Crippen molar-refractivity contribution in [3.63, 3.8) is 0 Å². The lowest BCUT2D eigenvalue weighted by atomic mass is 9.80. The molecule has 0 saturated carbocycles. The van der Waals surface area contributed by atoms with Crippen molar-refractivity contribution in [2.45, 2.75) is 50.7 Å². The molecule has 3 aliphatic heterocycles. The van der Waals surface area contributed by atoms with Crippen molar-refractivity contribution >= 4 is 24.0 Å². The van der Waals surface area contributed by atoms with E-state index < -0.39 is 6.10 Å². The molecule has 9 heteroatoms. The van der Waals surface area contributed by atoms with Crippen molar-refractivity contribution in [2.75, 3.05) is 38.0 Å². The van der Waals surface area contributed by atoms with E-state index in [1.165, 1.54) is 0 Å². The van der Waals surface area contributed by atoms with Gasteiger partial charge in [0.05, 0.1) is 24.0 Å². The van der Waals surface area contributed by atoms with Gasteiger partial charge in [-0.15, -0.1) is 0 Å². The van der Waals surface area contributed by atoms with Gasteiger partial charge in [0.1, 0.15) is 6.10 Å². The first-order chi connectivity index (χ1) is 15.0. The number of carboxylic acid groups (broad SMARTS) is 1. The number of nitrogens with zero attached hydrogens (tertiary/aromatic N) is 3. The van der Waals surface area contributed by atoms with Crippen LogP contribution in [0.5, 0.6) is 0 Å². The Labute approximate surface area is 182 Å². The number of piperidine rings is 1. The van der Waals surface area contributed by atoms with Gasteiger partial charge in [0.2, 0.25) is 5.91 Å². The molecule has 2 N–H and O–H groups in total. The van der Waals surface area contributed by atoms with Crippen LogP contribution in [0.25, 0.3) is 0 Å². The highest BCUT2D eigenvalue weighted by Gasteiger charge is 2.49. The Balaban J connectivity index is 0.000000858. The highest BCUT2D eigenvalue weighted by atomic mass is 16.5. The molecule has 1 aromatic rings. The van der Waals surface area contributed by atoms with Crippen molar-refractivity contribution in [3.8, 4) is 0 Å². The number of nitrogens with one attached hydrogen (secondary N) is 1. The van der Waals surface area contributed by atoms with Crippen LogP contribution in [0.1, 0.15) is 39.0 Å². The molecule has 4 rings (SSSR count). The number of ether oxygens (including phenoxy) is 1. The van der Waals surface area contributed by atoms with Crippen LogP contribution in [-0.4, -0.2) is 82.6 Å². The second-order valence-corrected chi connectivity index (χ2v) is 8.52. The second kappa shape index (κ2) is 10.7. The molecule has 4 heterocycles. The molecule has 9 nitrogen and oxygen atoms in total. The van der Waals surface area contributed by atoms with Crippen LogP contribution in [0.4, 0.5) is 5.69 Å². The molecule has 0 bridgehead atoms. The Morgan fingerprint density at radius 2 is 2.06 bits per heavy atom. The minimum absolute atomic E-state index is 0.0938. The molecule has 3 saturated heterocycles. The first-order valence-electron chi connectivity index (χ1n) is 10.9. The molecule has 0 radical (unpaired) electrons. The van der Waals surface area contributed by atoms with Crippen LogP contribution in [0.2, 0.25) is 0 Å². The van der Waals surface area contributed by atoms with Gasteiger partial charge in [0, 0.05) is 32.4 Å². The van der Waals surface area contributed by atoms with Gasteiger partial charge in [-0.05, 0) is 50.2 Å². The summed E-state index contributed by atoms with van der Waals surface area (Å²) < 4.78 is 6.33. The maximum absolute atomic E-state index is 12.6. The molecule has 170 valence electrons. The molecule has 3 atom stereocenters. The largest absolute Gasteiger partial charge is 0.483 e. The summed E-state index contributed by atoms with van der Waals surface area (Å²) in [5.41, 5.74) is 0.449. The summed E-state index contributed by atoms with van der Waals surface area (Å²) in [4.78, 5) is 41.7. The number of hydrogen-bond acceptors (Lipinski definition) is 6. The van der Waals surface area contributed by atoms with Crippen LogP contribution in [0.15, 0.2) is 24.5 Å². The lowest BCUT2D eigenvalue weighted by Crippen LogP contribution is -2.53. The molecule has 0 aliphatic carbocycles. The first kappa shape index (κ1) is 23.1. The number of likely N-dealkylation sites (tertiary alicyclic amines) is 2. The summed E-state index contributed by atoms with van der Waals surface area (Å²) in [6.45, 7) is 5.95. The third-order valence-electron chi connectivity index (χ3n) is 6.53. The van der Waals surface area contributed by atoms with Crippen LogP contribution >= 0.6 is 0 Å². The van der Waals surface area contributed by atoms with Crippen LogP contribution in [0, 0.1) is 5.92 Å². The fraction of sp³-hybridized carbons (Fsp3) is 0.636. The topological polar surface area (TPSA) is 112 Å². The minimum Gasteiger partial charge on any atom is -0.483 e. The number of amides is 2. The monoisotopic (exact) mass is 432 g/mol. The Hall–Kier alpha value is -2.52. The summed E-state index contributed by atoms with van der Waals surface area (Å²) in [6.07, 6.45) is 7.67. The molecular weight excluding hydrogens is 400 g/mol. The van der Waals surface area contributed by atoms with Gasteiger partial charge < -0.3 is 20.1 Å². The Morgan fingerprint density at radius 3 is 2.71 bits per heavy atom. The van der Waals surface area contributed by atoms with Gasteiger partial charge in [-0.25, -0.2) is 0 Å². The number of rotatable bonds is 4. The number of hydrogen-bond donors (Lipinski definition) is 2. The summed E-state index contributed by atoms with van der Waals surface area (Å²) in [5.74, 6) is 0.453. The molecule has 3 fully saturated rings. The predicted octanol–water partition coefficient (Wildman–Crippen LogP) is 1.60. The molecule has 1 aromatic heterocycles. The number of anilines is 1. The lowest BCUT2D eigenvalue weighted by Gasteiger charge is -2.44. The SMILES string of the molecule is CC1CN(CC(=O)N2CCCC2)CCC12CCC(C(=O)Nc1cccnc1)O2.O=CO. The minimum atomic E-state index is -0.416. The third kappa shape index (κ3) is 5.80. The average molecular weight is 433 g/mol. The van der Waals surface area contributed by atoms with Gasteiger partial charge in [0.25, 0.3) is 12.4 Å². The van der Waals surface area contributed by atoms with E-state index in [2.05, 4.69) is 22.1 Å². The van der Waals surface area contributed by atoms with Gasteiger partial charge in [-0.2, -0.15) is 0 Å². The second-order valence-electron chi connectivity index (χ2n) is 8.52. The molecule has 3 aliphatic rings. The highest BCUT2D eigenvalue weighted by molar-refractivity contribution is 5.94. The summed E-state index contributed by atoms with van der Waals surface area (Å²) in [7, 11) is 0. The quantitative estimate of drug-likeness (QED) is 0.695. The van der Waals surface area contributed by atoms with Gasteiger partial charge in [-0.1, -0.05) is 6.92 Å². The first-order valence-corrected chi connectivity index (χ1v) is 10.9. The zero-order valence-corrected chi connectivity index (χ0v) is 18.0. The molecule has 0 aromatic carbocycles. The zero-order valence-electron chi connectivity index (χ0n) is 18.0. The summed E-state index contributed by atoms with van der Waals surface area (Å²) in [5, 5.41) is 9.79. The third-order valence-corrected chi connectivity index (χ3v) is 6.53. The number of aromatic nitrogens is 1. The van der Waals surface area contributed by atoms with Crippen molar-refractivity contribution in [1.29, 1.82) is 0 Å². The van der Waals surface area contributed by atoms with Crippen LogP contribution < -0.4 is 5.32 Å². The van der Waals surface area contributed by atoms with E-state index in [4.69, 9.17) is 14.6 Å². The maximum Gasteiger partial charge on any atom is 0.290 e. The smallest absolute Gasteiger partial charge is 0.290 e. The van der Waals surface area contributed by atoms with Crippen molar-refractivity contribution in [2.24, 2.45) is 5.92 Å². The molecule has 1 spiro atoms. The van der Waals surface area contributed by atoms with Crippen molar-refractivity contribution in [1.82, 2.24) is 14.8 Å². The Bertz CT molecular complexity index is 756. The molecule has 2 amide bonds. The number of pyridine rings is 1. The van der Waals surface area contributed by atoms with Crippen LogP contribution in [0.3, 0.4) is 0 Å². The standard InChI is InChI=1S/C21H30N4O3.CH2O2/c1-16-14-24(15-19(26)25-10-2-3-11-25)12-8-21(16)7-6-18(28-21)20(27)23-17-5-4-9-22-13-17;2-1-3/h4-5,9,13,16,18H,2-3,6-8,10-12,14-15H2,1H3,(H,23,27);1H,(H,2,3). The van der Waals surface area contributed by atoms with Gasteiger partial charge in [-0.3, -0.25) is 24.3 Å². The van der Waals surface area contributed by atoms with E-state index >= 15 is 0 Å². The zero-order chi connectivity index (χ0) is 22.3. The molecule has 3 unspecified atom stereocenters. The normalized spacial score (nSPS) is 28.1. The van der Waals surface area contributed by atoms with E-state index in [-0.39, 0.29) is 23.9 Å². The summed E-state index contributed by atoms with van der Waals surface area (Å²) >= 11 is 0. The fourth-order valence-corrected chi connectivity index (χ4v) is 4.81. The Morgan fingerprint density at radius 1 is 1.32 bits per heavy atom. The lowest BCUT2D eigenvalue weighted by molar-refractivity contribution is -0.145. The van der Waals surface area contributed by atoms with Crippen LogP contribution in [-0.2, 0) is 19.1 Å². The summed E-state index contributed by atoms with van der Waals surface area (Å²) in [6, 6.07) is 3.63. The maximum atomic E-state index is 12.6. The van der Waals surface area contributed by atoms with Crippen molar-refractivity contribution in [3.05, 3.63) is 24.5 Å². The van der Waals surface area contributed by atoms with E-state index in [1.807, 2.05) is 11.0 Å². The average Bonchev–Trinajstić information content (AvgIpc) is 3.44.